The minimum Gasteiger partial charge on any atom is -0.264 e. The third-order valence-corrected chi connectivity index (χ3v) is 1.15. The van der Waals surface area contributed by atoms with Crippen LogP contribution in [0.2, 0.25) is 0 Å². The molecular weight excluding hydrogens is 153 g/mol. The molecule has 1 radical (unpaired) electrons. The normalized spacial score (nSPS) is 8.36. The molecule has 0 spiro atoms. The van der Waals surface area contributed by atoms with Crippen LogP contribution >= 0.6 is 0 Å². The number of benzene rings is 1. The van der Waals surface area contributed by atoms with Crippen LogP contribution in [-0.2, 0) is 6.54 Å². The molecule has 0 unspecified atom stereocenters. The second-order valence-corrected chi connectivity index (χ2v) is 1.98. The molecule has 1 aromatic carbocycles. The molecule has 0 heterocycles. The maximum atomic E-state index is 9.97. The zero-order chi connectivity index (χ0) is 7.40. The van der Waals surface area contributed by atoms with E-state index in [1.807, 2.05) is 6.07 Å². The van der Waals surface area contributed by atoms with Crippen molar-refractivity contribution >= 4 is 29.6 Å². The van der Waals surface area contributed by atoms with Gasteiger partial charge in [-0.25, -0.2) is 0 Å². The van der Waals surface area contributed by atoms with E-state index in [1.54, 1.807) is 24.3 Å². The van der Waals surface area contributed by atoms with E-state index in [2.05, 4.69) is 0 Å². The number of hydrogen-bond acceptors (Lipinski definition) is 2. The molecule has 0 N–H and O–H groups in total. The molecule has 0 aromatic heterocycles. The van der Waals surface area contributed by atoms with Gasteiger partial charge in [0, 0.05) is 40.0 Å². The zero-order valence-electron chi connectivity index (χ0n) is 6.36. The Bertz CT molecular complexity index is 225. The van der Waals surface area contributed by atoms with E-state index in [-0.39, 0.29) is 41.0 Å². The average Bonchev–Trinajstić information content (AvgIpc) is 1.88. The fourth-order valence-corrected chi connectivity index (χ4v) is 0.732. The molecule has 0 aliphatic heterocycles. The Morgan fingerprint density at radius 1 is 1.27 bits per heavy atom. The van der Waals surface area contributed by atoms with Crippen LogP contribution in [0, 0.1) is 10.1 Å². The largest absolute Gasteiger partial charge is 0.264 e. The summed E-state index contributed by atoms with van der Waals surface area (Å²) in [6.07, 6.45) is 0. The van der Waals surface area contributed by atoms with Crippen molar-refractivity contribution in [3.05, 3.63) is 46.0 Å². The maximum Gasteiger partial charge on any atom is 0.228 e. The first-order chi connectivity index (χ1) is 4.79. The predicted octanol–water partition coefficient (Wildman–Crippen LogP) is 1.08. The summed E-state index contributed by atoms with van der Waals surface area (Å²) in [5.74, 6) is 0. The van der Waals surface area contributed by atoms with Crippen LogP contribution in [0.4, 0.5) is 0 Å². The van der Waals surface area contributed by atoms with Crippen LogP contribution in [0.1, 0.15) is 5.56 Å². The van der Waals surface area contributed by atoms with Crippen molar-refractivity contribution in [1.29, 1.82) is 0 Å². The van der Waals surface area contributed by atoms with E-state index < -0.39 is 0 Å². The fraction of sp³-hybridized carbons (Fsp3) is 0.143. The Balaban J connectivity index is 0.000001000. The third kappa shape index (κ3) is 4.14. The van der Waals surface area contributed by atoms with Crippen molar-refractivity contribution < 1.29 is 4.92 Å². The molecule has 0 bridgehead atoms. The first kappa shape index (κ1) is 10.6. The Morgan fingerprint density at radius 3 is 2.27 bits per heavy atom. The first-order valence-corrected chi connectivity index (χ1v) is 2.95. The SMILES string of the molecule is O=[N+]([O-])Cc1ccccc1.[Na]. The first-order valence-electron chi connectivity index (χ1n) is 2.95. The Labute approximate surface area is 86.9 Å². The molecule has 0 saturated carbocycles. The molecule has 4 heteroatoms. The summed E-state index contributed by atoms with van der Waals surface area (Å²) in [5, 5.41) is 9.97. The van der Waals surface area contributed by atoms with Gasteiger partial charge in [-0.1, -0.05) is 30.3 Å². The van der Waals surface area contributed by atoms with Crippen molar-refractivity contribution in [3.63, 3.8) is 0 Å². The van der Waals surface area contributed by atoms with E-state index in [0.29, 0.717) is 0 Å². The molecule has 3 nitrogen and oxygen atoms in total. The zero-order valence-corrected chi connectivity index (χ0v) is 8.36. The quantitative estimate of drug-likeness (QED) is 0.369. The van der Waals surface area contributed by atoms with E-state index in [4.69, 9.17) is 0 Å². The second kappa shape index (κ2) is 5.29. The molecule has 0 aliphatic rings. The van der Waals surface area contributed by atoms with Gasteiger partial charge in [0.05, 0.1) is 0 Å². The monoisotopic (exact) mass is 160 g/mol. The number of nitro groups is 1. The van der Waals surface area contributed by atoms with E-state index in [1.165, 1.54) is 0 Å². The molecule has 11 heavy (non-hydrogen) atoms. The van der Waals surface area contributed by atoms with Gasteiger partial charge in [-0.3, -0.25) is 10.1 Å². The summed E-state index contributed by atoms with van der Waals surface area (Å²) in [6, 6.07) is 8.90. The van der Waals surface area contributed by atoms with Crippen molar-refractivity contribution in [3.8, 4) is 0 Å². The maximum absolute atomic E-state index is 9.97. The van der Waals surface area contributed by atoms with Gasteiger partial charge in [0.1, 0.15) is 0 Å². The third-order valence-electron chi connectivity index (χ3n) is 1.15. The molecule has 0 fully saturated rings. The average molecular weight is 160 g/mol. The Hall–Kier alpha value is -0.380. The second-order valence-electron chi connectivity index (χ2n) is 1.98. The van der Waals surface area contributed by atoms with Crippen LogP contribution < -0.4 is 0 Å². The van der Waals surface area contributed by atoms with Crippen molar-refractivity contribution in [2.75, 3.05) is 0 Å². The van der Waals surface area contributed by atoms with Gasteiger partial charge in [0.2, 0.25) is 6.54 Å². The number of nitrogens with zero attached hydrogens (tertiary/aromatic N) is 1. The van der Waals surface area contributed by atoms with Crippen LogP contribution in [0.3, 0.4) is 0 Å². The summed E-state index contributed by atoms with van der Waals surface area (Å²) < 4.78 is 0. The summed E-state index contributed by atoms with van der Waals surface area (Å²) in [6.45, 7) is -0.0825. The van der Waals surface area contributed by atoms with Crippen LogP contribution in [-0.4, -0.2) is 34.5 Å². The van der Waals surface area contributed by atoms with E-state index in [9.17, 15) is 10.1 Å². The molecular formula is C7H7NNaO2. The molecule has 0 atom stereocenters. The minimum absolute atomic E-state index is 0. The van der Waals surface area contributed by atoms with Gasteiger partial charge in [-0.2, -0.15) is 0 Å². The smallest absolute Gasteiger partial charge is 0.228 e. The van der Waals surface area contributed by atoms with E-state index >= 15 is 0 Å². The van der Waals surface area contributed by atoms with Gasteiger partial charge in [0.15, 0.2) is 0 Å². The predicted molar refractivity (Wildman–Crippen MR) is 42.9 cm³/mol. The molecule has 0 saturated heterocycles. The Kier molecular flexibility index (Phi) is 5.11. The number of hydrogen-bond donors (Lipinski definition) is 0. The number of rotatable bonds is 2. The van der Waals surface area contributed by atoms with Gasteiger partial charge in [-0.05, 0) is 0 Å². The molecule has 53 valence electrons. The molecule has 1 rings (SSSR count). The van der Waals surface area contributed by atoms with Crippen LogP contribution in [0.25, 0.3) is 0 Å². The molecule has 0 aliphatic carbocycles. The summed E-state index contributed by atoms with van der Waals surface area (Å²) in [7, 11) is 0. The van der Waals surface area contributed by atoms with Crippen molar-refractivity contribution in [2.45, 2.75) is 6.54 Å². The van der Waals surface area contributed by atoms with Gasteiger partial charge in [-0.15, -0.1) is 0 Å². The van der Waals surface area contributed by atoms with Gasteiger partial charge < -0.3 is 0 Å². The summed E-state index contributed by atoms with van der Waals surface area (Å²) in [5.41, 5.74) is 0.743. The minimum atomic E-state index is -0.338. The van der Waals surface area contributed by atoms with Gasteiger partial charge in [0.25, 0.3) is 0 Å². The summed E-state index contributed by atoms with van der Waals surface area (Å²) in [4.78, 5) is 9.64. The molecule has 0 amide bonds. The molecule has 1 aromatic rings. The standard InChI is InChI=1S/C7H7NO2.Na/c9-8(10)6-7-4-2-1-3-5-7;/h1-5H,6H2;. The van der Waals surface area contributed by atoms with E-state index in [0.717, 1.165) is 5.56 Å². The topological polar surface area (TPSA) is 43.1 Å². The Morgan fingerprint density at radius 2 is 1.82 bits per heavy atom. The van der Waals surface area contributed by atoms with Crippen molar-refractivity contribution in [2.24, 2.45) is 0 Å². The fourth-order valence-electron chi connectivity index (χ4n) is 0.732. The van der Waals surface area contributed by atoms with Gasteiger partial charge >= 0.3 is 0 Å². The van der Waals surface area contributed by atoms with Crippen LogP contribution in [0.5, 0.6) is 0 Å². The summed E-state index contributed by atoms with van der Waals surface area (Å²) >= 11 is 0. The van der Waals surface area contributed by atoms with Crippen LogP contribution in [0.15, 0.2) is 30.3 Å². The van der Waals surface area contributed by atoms with Crippen molar-refractivity contribution in [1.82, 2.24) is 0 Å².